The van der Waals surface area contributed by atoms with Gasteiger partial charge in [-0.15, -0.1) is 0 Å². The molecule has 3 N–H and O–H groups in total. The summed E-state index contributed by atoms with van der Waals surface area (Å²) in [5.41, 5.74) is 3.49. The van der Waals surface area contributed by atoms with Gasteiger partial charge in [0.15, 0.2) is 5.96 Å². The van der Waals surface area contributed by atoms with Gasteiger partial charge in [-0.2, -0.15) is 4.31 Å². The van der Waals surface area contributed by atoms with Crippen LogP contribution >= 0.6 is 0 Å². The lowest BCUT2D eigenvalue weighted by Gasteiger charge is -2.35. The Labute approximate surface area is 217 Å². The van der Waals surface area contributed by atoms with Crippen LogP contribution in [0.15, 0.2) is 88.8 Å². The maximum absolute atomic E-state index is 12.9. The third-order valence-electron chi connectivity index (χ3n) is 6.46. The van der Waals surface area contributed by atoms with Gasteiger partial charge in [-0.1, -0.05) is 30.3 Å². The number of rotatable bonds is 7. The van der Waals surface area contributed by atoms with Crippen molar-refractivity contribution in [2.24, 2.45) is 4.99 Å². The molecular weight excluding hydrogens is 488 g/mol. The summed E-state index contributed by atoms with van der Waals surface area (Å²) in [5, 5.41) is 9.36. The van der Waals surface area contributed by atoms with Gasteiger partial charge in [0, 0.05) is 56.2 Å². The highest BCUT2D eigenvalue weighted by molar-refractivity contribution is 7.89. The van der Waals surface area contributed by atoms with Crippen molar-refractivity contribution in [3.05, 3.63) is 90.0 Å². The van der Waals surface area contributed by atoms with Crippen LogP contribution in [0.2, 0.25) is 0 Å². The summed E-state index contributed by atoms with van der Waals surface area (Å²) in [6.45, 7) is 4.07. The number of sulfonamides is 1. The molecule has 2 heterocycles. The van der Waals surface area contributed by atoms with Crippen molar-refractivity contribution in [3.8, 4) is 0 Å². The fourth-order valence-electron chi connectivity index (χ4n) is 4.36. The molecule has 0 spiro atoms. The van der Waals surface area contributed by atoms with E-state index >= 15 is 0 Å². The van der Waals surface area contributed by atoms with Crippen molar-refractivity contribution in [2.75, 3.05) is 49.5 Å². The number of guanidine groups is 1. The second-order valence-electron chi connectivity index (χ2n) is 8.91. The molecule has 9 nitrogen and oxygen atoms in total. The van der Waals surface area contributed by atoms with Gasteiger partial charge < -0.3 is 20.9 Å². The van der Waals surface area contributed by atoms with Crippen molar-refractivity contribution in [1.82, 2.24) is 14.9 Å². The van der Waals surface area contributed by atoms with Crippen LogP contribution in [0.4, 0.5) is 11.4 Å². The molecule has 0 aromatic heterocycles. The predicted octanol–water partition coefficient (Wildman–Crippen LogP) is 2.50. The molecule has 1 saturated heterocycles. The molecule has 3 aromatic rings. The Hall–Kier alpha value is -3.89. The molecule has 2 aliphatic heterocycles. The van der Waals surface area contributed by atoms with Crippen LogP contribution in [0, 0.1) is 0 Å². The van der Waals surface area contributed by atoms with E-state index < -0.39 is 10.0 Å². The number of nitrogens with zero attached hydrogens (tertiary/aromatic N) is 3. The number of hydrogen-bond acceptors (Lipinski definition) is 7. The van der Waals surface area contributed by atoms with Gasteiger partial charge in [0.2, 0.25) is 10.0 Å². The minimum Gasteiger partial charge on any atom is -0.369 e. The van der Waals surface area contributed by atoms with Gasteiger partial charge >= 0.3 is 0 Å². The SMILES string of the molecule is O=C(NCc1ccc(NC2=NCCN2)cc1)c1ccc(N2CCN(S(=O)(=O)c3ccccc3)CC2)cc1. The normalized spacial score (nSPS) is 16.1. The molecule has 3 aromatic carbocycles. The van der Waals surface area contributed by atoms with E-state index in [1.165, 1.54) is 4.31 Å². The fraction of sp³-hybridized carbons (Fsp3) is 0.259. The molecule has 0 unspecified atom stereocenters. The standard InChI is InChI=1S/C27H30N6O3S/c34-26(30-20-21-6-10-23(11-7-21)31-27-28-14-15-29-27)22-8-12-24(13-9-22)32-16-18-33(19-17-32)37(35,36)25-4-2-1-3-5-25/h1-13H,14-20H2,(H,30,34)(H2,28,29,31). The molecule has 37 heavy (non-hydrogen) atoms. The second kappa shape index (κ2) is 11.0. The minimum absolute atomic E-state index is 0.142. The predicted molar refractivity (Wildman–Crippen MR) is 145 cm³/mol. The summed E-state index contributed by atoms with van der Waals surface area (Å²) >= 11 is 0. The number of carbonyl (C=O) groups is 1. The Morgan fingerprint density at radius 1 is 0.892 bits per heavy atom. The highest BCUT2D eigenvalue weighted by atomic mass is 32.2. The second-order valence-corrected chi connectivity index (χ2v) is 10.9. The maximum Gasteiger partial charge on any atom is 0.251 e. The Bertz CT molecular complexity index is 1350. The largest absolute Gasteiger partial charge is 0.369 e. The smallest absolute Gasteiger partial charge is 0.251 e. The first kappa shape index (κ1) is 24.8. The summed E-state index contributed by atoms with van der Waals surface area (Å²) in [5.74, 6) is 0.639. The first-order valence-corrected chi connectivity index (χ1v) is 13.8. The van der Waals surface area contributed by atoms with Crippen LogP contribution < -0.4 is 20.9 Å². The van der Waals surface area contributed by atoms with E-state index in [4.69, 9.17) is 0 Å². The van der Waals surface area contributed by atoms with E-state index in [-0.39, 0.29) is 5.91 Å². The monoisotopic (exact) mass is 518 g/mol. The minimum atomic E-state index is -3.48. The summed E-state index contributed by atoms with van der Waals surface area (Å²) in [7, 11) is -3.48. The number of aliphatic imine (C=N–C) groups is 1. The van der Waals surface area contributed by atoms with E-state index in [0.717, 1.165) is 36.0 Å². The summed E-state index contributed by atoms with van der Waals surface area (Å²) in [6.07, 6.45) is 0. The average molecular weight is 519 g/mol. The molecule has 1 amide bonds. The summed E-state index contributed by atoms with van der Waals surface area (Å²) in [6, 6.07) is 23.8. The third kappa shape index (κ3) is 5.92. The van der Waals surface area contributed by atoms with Crippen LogP contribution in [0.3, 0.4) is 0 Å². The van der Waals surface area contributed by atoms with Crippen LogP contribution in [0.1, 0.15) is 15.9 Å². The van der Waals surface area contributed by atoms with Crippen LogP contribution in [-0.2, 0) is 16.6 Å². The highest BCUT2D eigenvalue weighted by Gasteiger charge is 2.28. The van der Waals surface area contributed by atoms with Gasteiger partial charge in [-0.25, -0.2) is 8.42 Å². The zero-order chi connectivity index (χ0) is 25.7. The van der Waals surface area contributed by atoms with Crippen molar-refractivity contribution in [3.63, 3.8) is 0 Å². The van der Waals surface area contributed by atoms with Gasteiger partial charge in [0.25, 0.3) is 5.91 Å². The Balaban J connectivity index is 1.11. The van der Waals surface area contributed by atoms with Crippen LogP contribution in [-0.4, -0.2) is 63.9 Å². The average Bonchev–Trinajstić information content (AvgIpc) is 3.46. The molecule has 0 radical (unpaired) electrons. The van der Waals surface area contributed by atoms with E-state index in [1.807, 2.05) is 42.5 Å². The van der Waals surface area contributed by atoms with Gasteiger partial charge in [0.05, 0.1) is 11.4 Å². The molecule has 192 valence electrons. The van der Waals surface area contributed by atoms with Crippen molar-refractivity contribution in [1.29, 1.82) is 0 Å². The molecule has 0 bridgehead atoms. The first-order valence-electron chi connectivity index (χ1n) is 12.3. The van der Waals surface area contributed by atoms with Gasteiger partial charge in [0.1, 0.15) is 0 Å². The van der Waals surface area contributed by atoms with E-state index in [2.05, 4.69) is 25.8 Å². The summed E-state index contributed by atoms with van der Waals surface area (Å²) < 4.78 is 27.2. The van der Waals surface area contributed by atoms with E-state index in [1.54, 1.807) is 36.4 Å². The van der Waals surface area contributed by atoms with Crippen LogP contribution in [0.25, 0.3) is 0 Å². The Kier molecular flexibility index (Phi) is 7.38. The zero-order valence-corrected chi connectivity index (χ0v) is 21.2. The third-order valence-corrected chi connectivity index (χ3v) is 8.37. The van der Waals surface area contributed by atoms with Gasteiger partial charge in [-0.05, 0) is 54.1 Å². The number of hydrogen-bond donors (Lipinski definition) is 3. The number of carbonyl (C=O) groups excluding carboxylic acids is 1. The molecule has 0 atom stereocenters. The fourth-order valence-corrected chi connectivity index (χ4v) is 5.80. The van der Waals surface area contributed by atoms with Crippen molar-refractivity contribution in [2.45, 2.75) is 11.4 Å². The number of piperazine rings is 1. The highest BCUT2D eigenvalue weighted by Crippen LogP contribution is 2.21. The lowest BCUT2D eigenvalue weighted by Crippen LogP contribution is -2.48. The maximum atomic E-state index is 12.9. The molecule has 10 heteroatoms. The topological polar surface area (TPSA) is 106 Å². The quantitative estimate of drug-likeness (QED) is 0.444. The molecule has 2 aliphatic rings. The lowest BCUT2D eigenvalue weighted by atomic mass is 10.1. The van der Waals surface area contributed by atoms with Crippen molar-refractivity contribution < 1.29 is 13.2 Å². The molecule has 5 rings (SSSR count). The molecule has 1 fully saturated rings. The lowest BCUT2D eigenvalue weighted by molar-refractivity contribution is 0.0951. The van der Waals surface area contributed by atoms with Crippen molar-refractivity contribution >= 4 is 33.3 Å². The Morgan fingerprint density at radius 3 is 2.24 bits per heavy atom. The number of amides is 1. The molecule has 0 saturated carbocycles. The Morgan fingerprint density at radius 2 is 1.59 bits per heavy atom. The zero-order valence-electron chi connectivity index (χ0n) is 20.4. The molecule has 0 aliphatic carbocycles. The first-order chi connectivity index (χ1) is 18.0. The number of anilines is 2. The summed E-state index contributed by atoms with van der Waals surface area (Å²) in [4.78, 5) is 19.4. The van der Waals surface area contributed by atoms with E-state index in [0.29, 0.717) is 43.2 Å². The van der Waals surface area contributed by atoms with Crippen LogP contribution in [0.5, 0.6) is 0 Å². The molecular formula is C27H30N6O3S. The number of benzene rings is 3. The van der Waals surface area contributed by atoms with Gasteiger partial charge in [-0.3, -0.25) is 9.79 Å². The number of nitrogens with one attached hydrogen (secondary N) is 3. The van der Waals surface area contributed by atoms with E-state index in [9.17, 15) is 13.2 Å².